The number of rotatable bonds is 9. The van der Waals surface area contributed by atoms with E-state index in [4.69, 9.17) is 5.11 Å². The molecule has 0 aromatic heterocycles. The van der Waals surface area contributed by atoms with Crippen LogP contribution >= 0.6 is 12.6 Å². The second kappa shape index (κ2) is 10.3. The van der Waals surface area contributed by atoms with E-state index in [0.717, 1.165) is 0 Å². The first-order chi connectivity index (χ1) is 9.81. The quantitative estimate of drug-likeness (QED) is 0.198. The Kier molecular flexibility index (Phi) is 9.65. The third-order valence-electron chi connectivity index (χ3n) is 2.88. The van der Waals surface area contributed by atoms with Gasteiger partial charge in [-0.3, -0.25) is 14.4 Å². The van der Waals surface area contributed by atoms with E-state index >= 15 is 0 Å². The predicted octanol–water partition coefficient (Wildman–Crippen LogP) is 1.43. The molecular weight excluding hydrogens is 290 g/mol. The molecule has 1 amide bonds. The van der Waals surface area contributed by atoms with Crippen molar-refractivity contribution < 1.29 is 19.5 Å². The fourth-order valence-corrected chi connectivity index (χ4v) is 2.14. The number of nitrogens with one attached hydrogen (secondary N) is 1. The third-order valence-corrected chi connectivity index (χ3v) is 3.16. The Morgan fingerprint density at radius 2 is 1.90 bits per heavy atom. The lowest BCUT2D eigenvalue weighted by molar-refractivity contribution is -0.127. The number of unbranched alkanes of at least 4 members (excludes halogenated alkanes) is 1. The highest BCUT2D eigenvalue weighted by Crippen LogP contribution is 2.15. The first-order valence-electron chi connectivity index (χ1n) is 6.79. The number of thiol groups is 1. The van der Waals surface area contributed by atoms with Crippen LogP contribution in [0.3, 0.4) is 0 Å². The Balaban J connectivity index is 4.88. The molecule has 2 atom stereocenters. The molecule has 0 spiro atoms. The van der Waals surface area contributed by atoms with Crippen LogP contribution in [0.5, 0.6) is 0 Å². The largest absolute Gasteiger partial charge is 0.396 e. The van der Waals surface area contributed by atoms with Crippen molar-refractivity contribution in [2.75, 3.05) is 6.61 Å². The lowest BCUT2D eigenvalue weighted by Crippen LogP contribution is -2.43. The van der Waals surface area contributed by atoms with Gasteiger partial charge in [-0.25, -0.2) is 0 Å². The first-order valence-corrected chi connectivity index (χ1v) is 7.24. The normalized spacial score (nSPS) is 14.8. The van der Waals surface area contributed by atoms with Gasteiger partial charge >= 0.3 is 0 Å². The van der Waals surface area contributed by atoms with Crippen molar-refractivity contribution in [2.24, 2.45) is 5.92 Å². The zero-order valence-corrected chi connectivity index (χ0v) is 13.5. The molecule has 5 nitrogen and oxygen atoms in total. The van der Waals surface area contributed by atoms with Gasteiger partial charge in [-0.1, -0.05) is 18.2 Å². The highest BCUT2D eigenvalue weighted by molar-refractivity contribution is 7.96. The molecule has 0 saturated heterocycles. The second-order valence-corrected chi connectivity index (χ2v) is 5.25. The van der Waals surface area contributed by atoms with Crippen molar-refractivity contribution in [3.63, 3.8) is 0 Å². The molecule has 0 saturated carbocycles. The minimum atomic E-state index is -1.00. The predicted molar refractivity (Wildman–Crippen MR) is 85.0 cm³/mol. The Morgan fingerprint density at radius 3 is 2.38 bits per heavy atom. The molecule has 0 aliphatic rings. The van der Waals surface area contributed by atoms with Gasteiger partial charge in [0.25, 0.3) is 0 Å². The van der Waals surface area contributed by atoms with Crippen LogP contribution in [-0.4, -0.2) is 34.6 Å². The number of aliphatic hydroxyl groups is 1. The zero-order valence-electron chi connectivity index (χ0n) is 12.6. The van der Waals surface area contributed by atoms with E-state index in [2.05, 4.69) is 17.9 Å². The molecule has 6 heteroatoms. The summed E-state index contributed by atoms with van der Waals surface area (Å²) in [6, 6.07) is -0.610. The van der Waals surface area contributed by atoms with E-state index in [1.165, 1.54) is 6.92 Å². The number of ketones is 1. The fraction of sp³-hybridized carbons (Fsp3) is 0.533. The molecule has 0 aromatic rings. The number of amides is 1. The molecule has 0 heterocycles. The molecule has 0 aliphatic heterocycles. The molecule has 21 heavy (non-hydrogen) atoms. The summed E-state index contributed by atoms with van der Waals surface area (Å²) in [6.07, 6.45) is 6.54. The molecule has 0 aromatic carbocycles. The number of aliphatic hydroxyl groups excluding tert-OH is 1. The standard InChI is InChI=1S/C15H23NO4S/c1-10(8-6-4-5-7-9-17)14(19)13(15(20)21)11(2)16-12(3)18/h4,6,8,11,13,17H,5,7,9H2,1-3H3,(H,16,18)(H,20,21)/b6-4+,10-8+/t11?,13-/m0/s1. The molecule has 0 aliphatic carbocycles. The van der Waals surface area contributed by atoms with Crippen LogP contribution in [0.25, 0.3) is 0 Å². The monoisotopic (exact) mass is 313 g/mol. The minimum Gasteiger partial charge on any atom is -0.396 e. The summed E-state index contributed by atoms with van der Waals surface area (Å²) in [7, 11) is 0. The fourth-order valence-electron chi connectivity index (χ4n) is 1.80. The van der Waals surface area contributed by atoms with Gasteiger partial charge < -0.3 is 10.4 Å². The summed E-state index contributed by atoms with van der Waals surface area (Å²) < 4.78 is 0. The van der Waals surface area contributed by atoms with Gasteiger partial charge in [-0.2, -0.15) is 0 Å². The minimum absolute atomic E-state index is 0.121. The van der Waals surface area contributed by atoms with Crippen LogP contribution in [0.1, 0.15) is 33.6 Å². The first kappa shape index (κ1) is 19.6. The molecule has 0 rings (SSSR count). The third kappa shape index (κ3) is 7.82. The average molecular weight is 313 g/mol. The van der Waals surface area contributed by atoms with E-state index in [1.807, 2.05) is 6.08 Å². The lowest BCUT2D eigenvalue weighted by Gasteiger charge is -2.20. The van der Waals surface area contributed by atoms with Crippen molar-refractivity contribution in [1.29, 1.82) is 0 Å². The molecule has 0 fully saturated rings. The van der Waals surface area contributed by atoms with Crippen LogP contribution < -0.4 is 5.32 Å². The van der Waals surface area contributed by atoms with Crippen molar-refractivity contribution in [3.8, 4) is 0 Å². The summed E-state index contributed by atoms with van der Waals surface area (Å²) >= 11 is 3.74. The lowest BCUT2D eigenvalue weighted by atomic mass is 9.92. The summed E-state index contributed by atoms with van der Waals surface area (Å²) in [5, 5.41) is 10.6. The van der Waals surface area contributed by atoms with E-state index in [0.29, 0.717) is 18.4 Å². The van der Waals surface area contributed by atoms with Gasteiger partial charge in [-0.15, -0.1) is 12.6 Å². The molecule has 1 unspecified atom stereocenters. The van der Waals surface area contributed by atoms with Gasteiger partial charge in [0.15, 0.2) is 10.9 Å². The van der Waals surface area contributed by atoms with E-state index in [1.54, 1.807) is 26.0 Å². The van der Waals surface area contributed by atoms with Crippen LogP contribution in [0.15, 0.2) is 23.8 Å². The maximum atomic E-state index is 12.3. The van der Waals surface area contributed by atoms with Crippen LogP contribution in [-0.2, 0) is 14.4 Å². The highest BCUT2D eigenvalue weighted by Gasteiger charge is 2.31. The Labute approximate surface area is 130 Å². The summed E-state index contributed by atoms with van der Waals surface area (Å²) in [5.74, 6) is -1.66. The highest BCUT2D eigenvalue weighted by atomic mass is 32.1. The van der Waals surface area contributed by atoms with E-state index in [-0.39, 0.29) is 18.3 Å². The zero-order chi connectivity index (χ0) is 16.4. The SMILES string of the molecule is CC(=O)NC(C)[C@H](C(=O)S)C(=O)/C(C)=C/C=C/CCCO. The summed E-state index contributed by atoms with van der Waals surface area (Å²) in [5.41, 5.74) is 0.417. The van der Waals surface area contributed by atoms with Crippen molar-refractivity contribution in [3.05, 3.63) is 23.8 Å². The Hall–Kier alpha value is -1.40. The van der Waals surface area contributed by atoms with E-state index < -0.39 is 17.1 Å². The molecule has 2 N–H and O–H groups in total. The van der Waals surface area contributed by atoms with Crippen LogP contribution in [0, 0.1) is 5.92 Å². The van der Waals surface area contributed by atoms with Crippen molar-refractivity contribution in [2.45, 2.75) is 39.7 Å². The number of carbonyl (C=O) groups excluding carboxylic acids is 3. The second-order valence-electron chi connectivity index (χ2n) is 4.81. The van der Waals surface area contributed by atoms with Gasteiger partial charge in [0, 0.05) is 19.6 Å². The molecule has 118 valence electrons. The number of allylic oxidation sites excluding steroid dienone is 4. The van der Waals surface area contributed by atoms with Crippen molar-refractivity contribution >= 4 is 29.4 Å². The molecule has 0 bridgehead atoms. The van der Waals surface area contributed by atoms with Crippen LogP contribution in [0.4, 0.5) is 0 Å². The Bertz CT molecular complexity index is 443. The number of hydrogen-bond acceptors (Lipinski definition) is 4. The Morgan fingerprint density at radius 1 is 1.29 bits per heavy atom. The average Bonchev–Trinajstić information content (AvgIpc) is 2.36. The summed E-state index contributed by atoms with van der Waals surface area (Å²) in [6.45, 7) is 4.66. The maximum Gasteiger partial charge on any atom is 0.217 e. The molecular formula is C15H23NO4S. The topological polar surface area (TPSA) is 83.5 Å². The van der Waals surface area contributed by atoms with Gasteiger partial charge in [0.05, 0.1) is 0 Å². The maximum absolute atomic E-state index is 12.3. The smallest absolute Gasteiger partial charge is 0.217 e. The van der Waals surface area contributed by atoms with Crippen molar-refractivity contribution in [1.82, 2.24) is 5.32 Å². The van der Waals surface area contributed by atoms with E-state index in [9.17, 15) is 14.4 Å². The molecule has 0 radical (unpaired) electrons. The number of hydrogen-bond donors (Lipinski definition) is 3. The van der Waals surface area contributed by atoms with Crippen LogP contribution in [0.2, 0.25) is 0 Å². The van der Waals surface area contributed by atoms with Gasteiger partial charge in [0.2, 0.25) is 5.91 Å². The number of carbonyl (C=O) groups is 3. The van der Waals surface area contributed by atoms with Gasteiger partial charge in [0.1, 0.15) is 5.92 Å². The summed E-state index contributed by atoms with van der Waals surface area (Å²) in [4.78, 5) is 34.9. The number of Topliss-reactive ketones (excluding diaryl/α,β-unsaturated/α-hetero) is 1. The van der Waals surface area contributed by atoms with Gasteiger partial charge in [-0.05, 0) is 32.3 Å².